The minimum absolute atomic E-state index is 0.0749. The Morgan fingerprint density at radius 1 is 1.06 bits per heavy atom. The van der Waals surface area contributed by atoms with Gasteiger partial charge in [0.2, 0.25) is 11.8 Å². The Hall–Kier alpha value is -1.92. The molecule has 180 valence electrons. The Kier molecular flexibility index (Phi) is 6.75. The molecular formula is C27H40N4O2. The zero-order valence-electron chi connectivity index (χ0n) is 20.2. The maximum atomic E-state index is 13.3. The van der Waals surface area contributed by atoms with Crippen molar-refractivity contribution >= 4 is 11.8 Å². The second-order valence-electron chi connectivity index (χ2n) is 11.1. The molecule has 3 saturated heterocycles. The number of benzene rings is 1. The van der Waals surface area contributed by atoms with Gasteiger partial charge in [0.1, 0.15) is 6.04 Å². The molecule has 0 bridgehead atoms. The zero-order valence-corrected chi connectivity index (χ0v) is 20.2. The lowest BCUT2D eigenvalue weighted by atomic mass is 9.84. The fourth-order valence-corrected chi connectivity index (χ4v) is 6.65. The smallest absolute Gasteiger partial charge is 0.243 e. The molecule has 0 unspecified atom stereocenters. The molecule has 5 rings (SSSR count). The van der Waals surface area contributed by atoms with E-state index in [1.807, 2.05) is 11.0 Å². The summed E-state index contributed by atoms with van der Waals surface area (Å²) < 4.78 is 0. The minimum atomic E-state index is -0.366. The minimum Gasteiger partial charge on any atom is -0.348 e. The molecule has 6 heteroatoms. The molecule has 1 aromatic carbocycles. The number of hydrogen-bond acceptors (Lipinski definition) is 4. The van der Waals surface area contributed by atoms with Crippen LogP contribution in [0.5, 0.6) is 0 Å². The van der Waals surface area contributed by atoms with Crippen LogP contribution in [0.2, 0.25) is 0 Å². The molecule has 1 aromatic rings. The van der Waals surface area contributed by atoms with Crippen molar-refractivity contribution in [3.8, 4) is 0 Å². The Balaban J connectivity index is 1.18. The van der Waals surface area contributed by atoms with Crippen LogP contribution in [0.3, 0.4) is 0 Å². The fraction of sp³-hybridized carbons (Fsp3) is 0.704. The predicted octanol–water partition coefficient (Wildman–Crippen LogP) is 3.02. The largest absolute Gasteiger partial charge is 0.348 e. The van der Waals surface area contributed by atoms with Gasteiger partial charge in [-0.2, -0.15) is 0 Å². The van der Waals surface area contributed by atoms with Crippen molar-refractivity contribution in [1.82, 2.24) is 20.0 Å². The highest BCUT2D eigenvalue weighted by molar-refractivity contribution is 5.92. The lowest BCUT2D eigenvalue weighted by Gasteiger charge is -2.41. The van der Waals surface area contributed by atoms with Gasteiger partial charge >= 0.3 is 0 Å². The van der Waals surface area contributed by atoms with Crippen molar-refractivity contribution < 1.29 is 9.59 Å². The first kappa shape index (κ1) is 22.9. The van der Waals surface area contributed by atoms with Gasteiger partial charge in [0, 0.05) is 38.8 Å². The van der Waals surface area contributed by atoms with Gasteiger partial charge < -0.3 is 15.1 Å². The summed E-state index contributed by atoms with van der Waals surface area (Å²) in [6.07, 6.45) is 9.66. The summed E-state index contributed by atoms with van der Waals surface area (Å²) in [7, 11) is 2.19. The van der Waals surface area contributed by atoms with Crippen LogP contribution in [0, 0.1) is 5.92 Å². The summed E-state index contributed by atoms with van der Waals surface area (Å²) in [5.74, 6) is 1.02. The number of likely N-dealkylation sites (N-methyl/N-ethyl adjacent to an activating group) is 1. The van der Waals surface area contributed by atoms with Crippen molar-refractivity contribution in [3.05, 3.63) is 35.9 Å². The van der Waals surface area contributed by atoms with Gasteiger partial charge in [-0.25, -0.2) is 0 Å². The van der Waals surface area contributed by atoms with Crippen LogP contribution in [0.4, 0.5) is 0 Å². The molecule has 0 radical (unpaired) electrons. The van der Waals surface area contributed by atoms with E-state index in [-0.39, 0.29) is 23.4 Å². The second-order valence-corrected chi connectivity index (χ2v) is 11.1. The topological polar surface area (TPSA) is 55.9 Å². The molecule has 2 atom stereocenters. The summed E-state index contributed by atoms with van der Waals surface area (Å²) in [4.78, 5) is 33.4. The third-order valence-electron chi connectivity index (χ3n) is 8.74. The molecule has 4 aliphatic rings. The normalized spacial score (nSPS) is 28.7. The van der Waals surface area contributed by atoms with E-state index in [9.17, 15) is 9.59 Å². The van der Waals surface area contributed by atoms with Gasteiger partial charge in [-0.05, 0) is 50.6 Å². The molecule has 3 heterocycles. The van der Waals surface area contributed by atoms with Crippen LogP contribution in [0.15, 0.2) is 30.3 Å². The van der Waals surface area contributed by atoms with Gasteiger partial charge in [-0.15, -0.1) is 0 Å². The second kappa shape index (κ2) is 9.75. The molecule has 4 fully saturated rings. The van der Waals surface area contributed by atoms with Crippen molar-refractivity contribution in [3.63, 3.8) is 0 Å². The zero-order chi connectivity index (χ0) is 22.8. The summed E-state index contributed by atoms with van der Waals surface area (Å²) in [5.41, 5.74) is 0.952. The summed E-state index contributed by atoms with van der Waals surface area (Å²) in [5, 5.41) is 3.37. The van der Waals surface area contributed by atoms with E-state index in [2.05, 4.69) is 46.4 Å². The fourth-order valence-electron chi connectivity index (χ4n) is 6.65. The number of carbonyl (C=O) groups excluding carboxylic acids is 2. The van der Waals surface area contributed by atoms with Gasteiger partial charge in [0.15, 0.2) is 0 Å². The molecule has 3 aliphatic heterocycles. The number of carbonyl (C=O) groups is 2. The molecule has 6 nitrogen and oxygen atoms in total. The van der Waals surface area contributed by atoms with E-state index >= 15 is 0 Å². The van der Waals surface area contributed by atoms with Crippen molar-refractivity contribution in [2.45, 2.75) is 82.0 Å². The summed E-state index contributed by atoms with van der Waals surface area (Å²) in [6.45, 7) is 4.57. The lowest BCUT2D eigenvalue weighted by Crippen LogP contribution is -2.56. The molecular weight excluding hydrogens is 412 g/mol. The van der Waals surface area contributed by atoms with Crippen LogP contribution in [0.1, 0.15) is 63.4 Å². The van der Waals surface area contributed by atoms with Crippen LogP contribution in [0.25, 0.3) is 0 Å². The third-order valence-corrected chi connectivity index (χ3v) is 8.74. The first-order chi connectivity index (χ1) is 16.0. The Labute approximate surface area is 198 Å². The first-order valence-electron chi connectivity index (χ1n) is 13.1. The molecule has 1 aliphatic carbocycles. The van der Waals surface area contributed by atoms with E-state index in [1.54, 1.807) is 0 Å². The molecule has 2 amide bonds. The van der Waals surface area contributed by atoms with Crippen molar-refractivity contribution in [2.24, 2.45) is 5.92 Å². The number of hydrogen-bond donors (Lipinski definition) is 1. The molecule has 33 heavy (non-hydrogen) atoms. The number of nitrogens with one attached hydrogen (secondary N) is 1. The van der Waals surface area contributed by atoms with Crippen molar-refractivity contribution in [2.75, 3.05) is 33.2 Å². The first-order valence-corrected chi connectivity index (χ1v) is 13.1. The highest BCUT2D eigenvalue weighted by atomic mass is 16.2. The van der Waals surface area contributed by atoms with Crippen LogP contribution < -0.4 is 5.32 Å². The number of amides is 2. The highest BCUT2D eigenvalue weighted by Crippen LogP contribution is 2.34. The van der Waals surface area contributed by atoms with E-state index < -0.39 is 0 Å². The maximum absolute atomic E-state index is 13.3. The lowest BCUT2D eigenvalue weighted by molar-refractivity contribution is -0.135. The van der Waals surface area contributed by atoms with E-state index in [0.717, 1.165) is 51.4 Å². The monoisotopic (exact) mass is 452 g/mol. The molecule has 1 N–H and O–H groups in total. The molecule has 1 spiro atoms. The standard InChI is InChI=1S/C27H40N4O2/c1-29(18-21-8-4-2-5-9-21)23-16-24-26(33)28-27(17-25(32)31(24)20-23)12-14-30(15-13-27)19-22-10-6-3-7-11-22/h3,6-7,10-11,21,23-24H,2,4-5,8-9,12-20H2,1H3,(H,28,33)/t23-,24-/m0/s1. The van der Waals surface area contributed by atoms with Gasteiger partial charge in [0.05, 0.1) is 12.0 Å². The summed E-state index contributed by atoms with van der Waals surface area (Å²) >= 11 is 0. The van der Waals surface area contributed by atoms with Crippen LogP contribution >= 0.6 is 0 Å². The number of nitrogens with zero attached hydrogens (tertiary/aromatic N) is 3. The molecule has 1 saturated carbocycles. The number of fused-ring (bicyclic) bond motifs is 1. The van der Waals surface area contributed by atoms with Crippen LogP contribution in [-0.4, -0.2) is 77.4 Å². The summed E-state index contributed by atoms with van der Waals surface area (Å²) in [6, 6.07) is 10.5. The van der Waals surface area contributed by atoms with Crippen molar-refractivity contribution in [1.29, 1.82) is 0 Å². The van der Waals surface area contributed by atoms with E-state index in [4.69, 9.17) is 0 Å². The average molecular weight is 453 g/mol. The van der Waals surface area contributed by atoms with E-state index in [1.165, 1.54) is 37.7 Å². The Morgan fingerprint density at radius 3 is 2.52 bits per heavy atom. The predicted molar refractivity (Wildman–Crippen MR) is 130 cm³/mol. The maximum Gasteiger partial charge on any atom is 0.243 e. The Bertz CT molecular complexity index is 802. The Morgan fingerprint density at radius 2 is 1.79 bits per heavy atom. The quantitative estimate of drug-likeness (QED) is 0.746. The van der Waals surface area contributed by atoms with Gasteiger partial charge in [0.25, 0.3) is 0 Å². The number of likely N-dealkylation sites (tertiary alicyclic amines) is 1. The number of piperidine rings is 1. The van der Waals surface area contributed by atoms with Gasteiger partial charge in [-0.3, -0.25) is 14.5 Å². The average Bonchev–Trinajstić information content (AvgIpc) is 3.25. The van der Waals surface area contributed by atoms with Gasteiger partial charge in [-0.1, -0.05) is 49.6 Å². The van der Waals surface area contributed by atoms with E-state index in [0.29, 0.717) is 19.0 Å². The third kappa shape index (κ3) is 5.12. The number of rotatable bonds is 5. The SMILES string of the molecule is CN(CC1CCCCC1)[C@H]1C[C@H]2C(=O)NC3(CCN(Cc4ccccc4)CC3)CC(=O)N2C1. The molecule has 0 aromatic heterocycles. The van der Waals surface area contributed by atoms with Crippen LogP contribution in [-0.2, 0) is 16.1 Å². The highest BCUT2D eigenvalue weighted by Gasteiger charge is 2.49.